The highest BCUT2D eigenvalue weighted by molar-refractivity contribution is 6.32. The molecule has 31 heavy (non-hydrogen) atoms. The maximum absolute atomic E-state index is 11.3. The number of H-pyrrole nitrogens is 1. The predicted molar refractivity (Wildman–Crippen MR) is 118 cm³/mol. The van der Waals surface area contributed by atoms with E-state index in [1.165, 1.54) is 0 Å². The molecule has 1 heterocycles. The van der Waals surface area contributed by atoms with Gasteiger partial charge in [0.05, 0.1) is 28.5 Å². The molecule has 0 saturated carbocycles. The predicted octanol–water partition coefficient (Wildman–Crippen LogP) is 5.11. The van der Waals surface area contributed by atoms with E-state index in [0.717, 1.165) is 11.3 Å². The molecule has 1 aromatic heterocycles. The third-order valence-electron chi connectivity index (χ3n) is 4.15. The van der Waals surface area contributed by atoms with Crippen molar-refractivity contribution in [3.63, 3.8) is 0 Å². The van der Waals surface area contributed by atoms with Gasteiger partial charge in [0, 0.05) is 30.1 Å². The monoisotopic (exact) mass is 456 g/mol. The average molecular weight is 457 g/mol. The number of aromatic nitrogens is 2. The lowest BCUT2D eigenvalue weighted by Gasteiger charge is -2.11. The lowest BCUT2D eigenvalue weighted by atomic mass is 10.2. The smallest absolute Gasteiger partial charge is 0.223 e. The summed E-state index contributed by atoms with van der Waals surface area (Å²) in [6.07, 6.45) is 5.49. The minimum Gasteiger partial charge on any atom is -0.487 e. The molecule has 158 valence electrons. The number of hydrogen-bond donors (Lipinski definition) is 2. The molecule has 2 aromatic carbocycles. The molecule has 7 nitrogen and oxygen atoms in total. The van der Waals surface area contributed by atoms with E-state index < -0.39 is 0 Å². The Morgan fingerprint density at radius 1 is 1.26 bits per heavy atom. The van der Waals surface area contributed by atoms with Crippen molar-refractivity contribution >= 4 is 35.2 Å². The van der Waals surface area contributed by atoms with E-state index in [-0.39, 0.29) is 18.9 Å². The van der Waals surface area contributed by atoms with Crippen molar-refractivity contribution in [3.05, 3.63) is 75.5 Å². The van der Waals surface area contributed by atoms with Gasteiger partial charge in [0.2, 0.25) is 5.91 Å². The number of nitrogens with zero attached hydrogens (tertiary/aromatic N) is 2. The van der Waals surface area contributed by atoms with Crippen LogP contribution < -0.4 is 14.8 Å². The first kappa shape index (κ1) is 22.2. The third kappa shape index (κ3) is 6.25. The van der Waals surface area contributed by atoms with Gasteiger partial charge in [0.25, 0.3) is 0 Å². The van der Waals surface area contributed by atoms with Gasteiger partial charge in [-0.3, -0.25) is 9.89 Å². The number of aromatic amines is 1. The van der Waals surface area contributed by atoms with Crippen molar-refractivity contribution in [2.24, 2.45) is 0 Å². The Kier molecular flexibility index (Phi) is 7.55. The summed E-state index contributed by atoms with van der Waals surface area (Å²) in [7, 11) is 1.59. The summed E-state index contributed by atoms with van der Waals surface area (Å²) in [5, 5.41) is 19.3. The van der Waals surface area contributed by atoms with Crippen molar-refractivity contribution in [3.8, 4) is 23.3 Å². The zero-order valence-corrected chi connectivity index (χ0v) is 18.0. The number of ether oxygens (including phenoxy) is 2. The summed E-state index contributed by atoms with van der Waals surface area (Å²) in [4.78, 5) is 11.3. The molecule has 0 aliphatic rings. The van der Waals surface area contributed by atoms with Gasteiger partial charge >= 0.3 is 0 Å². The van der Waals surface area contributed by atoms with E-state index >= 15 is 0 Å². The van der Waals surface area contributed by atoms with Crippen LogP contribution in [0.15, 0.2) is 48.7 Å². The van der Waals surface area contributed by atoms with Gasteiger partial charge < -0.3 is 14.8 Å². The van der Waals surface area contributed by atoms with Crippen molar-refractivity contribution in [2.75, 3.05) is 7.05 Å². The molecular weight excluding hydrogens is 439 g/mol. The Morgan fingerprint density at radius 3 is 2.87 bits per heavy atom. The maximum atomic E-state index is 11.3. The minimum atomic E-state index is -0.0761. The fourth-order valence-electron chi connectivity index (χ4n) is 2.60. The lowest BCUT2D eigenvalue weighted by molar-refractivity contribution is -0.119. The summed E-state index contributed by atoms with van der Waals surface area (Å²) < 4.78 is 11.6. The van der Waals surface area contributed by atoms with E-state index in [4.69, 9.17) is 37.9 Å². The number of hydrogen-bond acceptors (Lipinski definition) is 5. The van der Waals surface area contributed by atoms with Gasteiger partial charge in [-0.25, -0.2) is 0 Å². The second-order valence-electron chi connectivity index (χ2n) is 6.35. The van der Waals surface area contributed by atoms with Crippen LogP contribution in [0.1, 0.15) is 23.2 Å². The number of nitrogens with one attached hydrogen (secondary N) is 2. The highest BCUT2D eigenvalue weighted by atomic mass is 35.5. The summed E-state index contributed by atoms with van der Waals surface area (Å²) >= 11 is 12.3. The molecule has 2 N–H and O–H groups in total. The molecule has 0 spiro atoms. The van der Waals surface area contributed by atoms with Crippen LogP contribution in [0.2, 0.25) is 10.0 Å². The van der Waals surface area contributed by atoms with Crippen LogP contribution in [0, 0.1) is 11.3 Å². The van der Waals surface area contributed by atoms with Gasteiger partial charge in [-0.2, -0.15) is 10.4 Å². The Morgan fingerprint density at radius 2 is 2.10 bits per heavy atom. The summed E-state index contributed by atoms with van der Waals surface area (Å²) in [5.74, 6) is 1.20. The van der Waals surface area contributed by atoms with E-state index in [9.17, 15) is 4.79 Å². The summed E-state index contributed by atoms with van der Waals surface area (Å²) in [5.41, 5.74) is 1.94. The Labute approximate surface area is 189 Å². The summed E-state index contributed by atoms with van der Waals surface area (Å²) in [6, 6.07) is 11.7. The van der Waals surface area contributed by atoms with Crippen LogP contribution in [0.5, 0.6) is 17.2 Å². The topological polar surface area (TPSA) is 100 Å². The SMILES string of the molecule is CNC(=O)CC=Cc1cn[nH]c1COc1ccc(Cl)c(Oc2cc(Cl)cc(C#N)c2)c1. The number of halogens is 2. The van der Waals surface area contributed by atoms with Crippen molar-refractivity contribution in [2.45, 2.75) is 13.0 Å². The molecule has 3 aromatic rings. The van der Waals surface area contributed by atoms with Gasteiger partial charge in [0.15, 0.2) is 0 Å². The summed E-state index contributed by atoms with van der Waals surface area (Å²) in [6.45, 7) is 0.219. The quantitative estimate of drug-likeness (QED) is 0.490. The Balaban J connectivity index is 1.69. The molecule has 1 amide bonds. The highest BCUT2D eigenvalue weighted by Crippen LogP contribution is 2.34. The second-order valence-corrected chi connectivity index (χ2v) is 7.20. The molecule has 9 heteroatoms. The molecule has 0 aliphatic carbocycles. The first-order valence-electron chi connectivity index (χ1n) is 9.18. The number of carbonyl (C=O) groups is 1. The van der Waals surface area contributed by atoms with Crippen LogP contribution in [0.4, 0.5) is 0 Å². The zero-order valence-electron chi connectivity index (χ0n) is 16.5. The Hall–Kier alpha value is -3.47. The van der Waals surface area contributed by atoms with Gasteiger partial charge in [-0.05, 0) is 30.3 Å². The molecule has 0 radical (unpaired) electrons. The number of nitriles is 1. The van der Waals surface area contributed by atoms with Crippen LogP contribution in [-0.2, 0) is 11.4 Å². The first-order valence-corrected chi connectivity index (χ1v) is 9.94. The number of benzene rings is 2. The van der Waals surface area contributed by atoms with Crippen molar-refractivity contribution in [1.82, 2.24) is 15.5 Å². The van der Waals surface area contributed by atoms with Crippen molar-refractivity contribution in [1.29, 1.82) is 5.26 Å². The van der Waals surface area contributed by atoms with Crippen LogP contribution >= 0.6 is 23.2 Å². The van der Waals surface area contributed by atoms with Gasteiger partial charge in [0.1, 0.15) is 23.9 Å². The molecule has 0 fully saturated rings. The van der Waals surface area contributed by atoms with Gasteiger partial charge in [-0.1, -0.05) is 35.4 Å². The largest absolute Gasteiger partial charge is 0.487 e. The molecule has 0 unspecified atom stereocenters. The normalized spacial score (nSPS) is 10.6. The number of amides is 1. The second kappa shape index (κ2) is 10.5. The number of carbonyl (C=O) groups excluding carboxylic acids is 1. The van der Waals surface area contributed by atoms with Crippen LogP contribution in [0.25, 0.3) is 6.08 Å². The highest BCUT2D eigenvalue weighted by Gasteiger charge is 2.09. The maximum Gasteiger partial charge on any atom is 0.223 e. The third-order valence-corrected chi connectivity index (χ3v) is 4.68. The van der Waals surface area contributed by atoms with Crippen molar-refractivity contribution < 1.29 is 14.3 Å². The number of rotatable bonds is 8. The Bertz CT molecular complexity index is 1150. The van der Waals surface area contributed by atoms with E-state index in [1.54, 1.807) is 61.8 Å². The molecule has 0 atom stereocenters. The average Bonchev–Trinajstić information content (AvgIpc) is 3.21. The lowest BCUT2D eigenvalue weighted by Crippen LogP contribution is -2.15. The minimum absolute atomic E-state index is 0.0761. The van der Waals surface area contributed by atoms with E-state index in [1.807, 2.05) is 6.07 Å². The standard InChI is InChI=1S/C22H18Cl2N4O3/c1-26-22(29)4-2-3-15-12-27-28-20(15)13-30-17-5-6-19(24)21(10-17)31-18-8-14(11-25)7-16(23)9-18/h2-3,5-10,12H,4,13H2,1H3,(H,26,29)(H,27,28). The zero-order chi connectivity index (χ0) is 22.2. The van der Waals surface area contributed by atoms with Crippen LogP contribution in [-0.4, -0.2) is 23.2 Å². The molecule has 0 bridgehead atoms. The molecule has 0 aliphatic heterocycles. The first-order chi connectivity index (χ1) is 15.0. The fourth-order valence-corrected chi connectivity index (χ4v) is 2.98. The molecule has 0 saturated heterocycles. The van der Waals surface area contributed by atoms with E-state index in [2.05, 4.69) is 15.5 Å². The molecule has 3 rings (SSSR count). The fraction of sp³-hybridized carbons (Fsp3) is 0.136. The van der Waals surface area contributed by atoms with E-state index in [0.29, 0.717) is 32.9 Å². The van der Waals surface area contributed by atoms with Crippen LogP contribution in [0.3, 0.4) is 0 Å². The van der Waals surface area contributed by atoms with Gasteiger partial charge in [-0.15, -0.1) is 0 Å². The molecular formula is C22H18Cl2N4O3.